The Balaban J connectivity index is 1.53. The van der Waals surface area contributed by atoms with Crippen molar-refractivity contribution in [2.24, 2.45) is 5.92 Å². The standard InChI is InChI=1S/C32H29ClFN5O4/c1-18-4-3-5-27(39-13-11-20(15-28(39)40)29-21(17-35)6-9-24(33)30(29)34)19-10-12-36-25(14-19)23-8-7-22(37-32(42)43-2)16-26(23)38-31(18)41/h6-10,12,14-16,18,27H,3-5,11,13H2,1-2H3,(H,37,42)(H,38,41). The Morgan fingerprint density at radius 3 is 2.77 bits per heavy atom. The minimum Gasteiger partial charge on any atom is -0.453 e. The Kier molecular flexibility index (Phi) is 8.73. The van der Waals surface area contributed by atoms with Crippen molar-refractivity contribution in [2.75, 3.05) is 24.3 Å². The second kappa shape index (κ2) is 12.6. The van der Waals surface area contributed by atoms with Crippen molar-refractivity contribution in [3.8, 4) is 17.3 Å². The maximum absolute atomic E-state index is 15.0. The number of halogens is 2. The lowest BCUT2D eigenvalue weighted by Gasteiger charge is -2.35. The van der Waals surface area contributed by atoms with Gasteiger partial charge in [0.2, 0.25) is 11.8 Å². The molecule has 220 valence electrons. The fraction of sp³-hybridized carbons (Fsp3) is 0.281. The highest BCUT2D eigenvalue weighted by atomic mass is 35.5. The lowest BCUT2D eigenvalue weighted by atomic mass is 9.90. The molecule has 0 saturated carbocycles. The maximum Gasteiger partial charge on any atom is 0.411 e. The summed E-state index contributed by atoms with van der Waals surface area (Å²) in [5.41, 5.74) is 3.62. The molecule has 9 nitrogen and oxygen atoms in total. The Bertz CT molecular complexity index is 1680. The lowest BCUT2D eigenvalue weighted by Crippen LogP contribution is -2.37. The number of nitrogens with zero attached hydrogens (tertiary/aromatic N) is 3. The molecule has 5 rings (SSSR count). The highest BCUT2D eigenvalue weighted by Crippen LogP contribution is 2.38. The fourth-order valence-corrected chi connectivity index (χ4v) is 5.70. The third-order valence-electron chi connectivity index (χ3n) is 7.83. The van der Waals surface area contributed by atoms with Gasteiger partial charge >= 0.3 is 6.09 Å². The van der Waals surface area contributed by atoms with E-state index in [4.69, 9.17) is 16.3 Å². The van der Waals surface area contributed by atoms with Crippen molar-refractivity contribution < 1.29 is 23.5 Å². The zero-order valence-corrected chi connectivity index (χ0v) is 24.4. The molecule has 2 unspecified atom stereocenters. The first kappa shape index (κ1) is 29.7. The first-order valence-corrected chi connectivity index (χ1v) is 14.2. The molecular weight excluding hydrogens is 573 g/mol. The zero-order chi connectivity index (χ0) is 30.7. The molecule has 0 radical (unpaired) electrons. The van der Waals surface area contributed by atoms with Crippen LogP contribution in [-0.4, -0.2) is 41.4 Å². The van der Waals surface area contributed by atoms with Gasteiger partial charge in [0.05, 0.1) is 41.2 Å². The molecule has 1 aromatic heterocycles. The van der Waals surface area contributed by atoms with Crippen molar-refractivity contribution >= 4 is 46.5 Å². The predicted octanol–water partition coefficient (Wildman–Crippen LogP) is 6.71. The summed E-state index contributed by atoms with van der Waals surface area (Å²) in [6.45, 7) is 2.15. The van der Waals surface area contributed by atoms with Crippen LogP contribution in [0.1, 0.15) is 55.3 Å². The van der Waals surface area contributed by atoms with E-state index >= 15 is 0 Å². The van der Waals surface area contributed by atoms with Gasteiger partial charge < -0.3 is 15.0 Å². The van der Waals surface area contributed by atoms with Gasteiger partial charge in [0.15, 0.2) is 5.82 Å². The Morgan fingerprint density at radius 2 is 2.02 bits per heavy atom. The quantitative estimate of drug-likeness (QED) is 0.344. The van der Waals surface area contributed by atoms with Crippen molar-refractivity contribution in [2.45, 2.75) is 38.6 Å². The molecule has 11 heteroatoms. The third-order valence-corrected chi connectivity index (χ3v) is 8.12. The number of carbonyl (C=O) groups is 3. The number of rotatable bonds is 3. The number of amides is 3. The molecule has 43 heavy (non-hydrogen) atoms. The molecule has 2 aliphatic rings. The van der Waals surface area contributed by atoms with Gasteiger partial charge in [-0.1, -0.05) is 24.9 Å². The largest absolute Gasteiger partial charge is 0.453 e. The SMILES string of the molecule is COC(=O)Nc1ccc2c(c1)NC(=O)C(C)CCCC(N1CCC(c3c(C#N)ccc(Cl)c3F)=CC1=O)c1ccnc-2c1. The molecule has 3 aromatic rings. The normalized spacial score (nSPS) is 18.7. The van der Waals surface area contributed by atoms with Gasteiger partial charge in [-0.05, 0) is 72.9 Å². The topological polar surface area (TPSA) is 124 Å². The lowest BCUT2D eigenvalue weighted by molar-refractivity contribution is -0.129. The molecule has 2 aromatic carbocycles. The van der Waals surface area contributed by atoms with E-state index in [-0.39, 0.29) is 39.9 Å². The second-order valence-corrected chi connectivity index (χ2v) is 10.9. The van der Waals surface area contributed by atoms with Crippen molar-refractivity contribution in [1.82, 2.24) is 9.88 Å². The smallest absolute Gasteiger partial charge is 0.411 e. The van der Waals surface area contributed by atoms with Crippen molar-refractivity contribution in [3.05, 3.63) is 82.3 Å². The number of methoxy groups -OCH3 is 1. The van der Waals surface area contributed by atoms with E-state index in [0.29, 0.717) is 60.4 Å². The number of pyridine rings is 1. The van der Waals surface area contributed by atoms with E-state index in [2.05, 4.69) is 15.6 Å². The van der Waals surface area contributed by atoms with Crippen LogP contribution in [0.3, 0.4) is 0 Å². The van der Waals surface area contributed by atoms with Crippen LogP contribution in [0.5, 0.6) is 0 Å². The zero-order valence-electron chi connectivity index (χ0n) is 23.6. The summed E-state index contributed by atoms with van der Waals surface area (Å²) in [7, 11) is 1.27. The number of nitrogens with one attached hydrogen (secondary N) is 2. The highest BCUT2D eigenvalue weighted by molar-refractivity contribution is 6.31. The van der Waals surface area contributed by atoms with Gasteiger partial charge in [-0.2, -0.15) is 5.26 Å². The van der Waals surface area contributed by atoms with Crippen LogP contribution in [-0.2, 0) is 14.3 Å². The first-order chi connectivity index (χ1) is 20.7. The van der Waals surface area contributed by atoms with Crippen LogP contribution in [0.15, 0.2) is 54.7 Å². The predicted molar refractivity (Wildman–Crippen MR) is 161 cm³/mol. The molecule has 2 aliphatic heterocycles. The number of fused-ring (bicyclic) bond motifs is 4. The number of carbonyl (C=O) groups excluding carboxylic acids is 3. The summed E-state index contributed by atoms with van der Waals surface area (Å²) < 4.78 is 19.7. The molecule has 3 amide bonds. The van der Waals surface area contributed by atoms with E-state index < -0.39 is 11.9 Å². The maximum atomic E-state index is 15.0. The molecule has 3 heterocycles. The second-order valence-electron chi connectivity index (χ2n) is 10.5. The van der Waals surface area contributed by atoms with E-state index in [0.717, 1.165) is 5.56 Å². The van der Waals surface area contributed by atoms with Crippen LogP contribution in [0.25, 0.3) is 16.8 Å². The molecule has 0 spiro atoms. The number of hydrogen-bond acceptors (Lipinski definition) is 6. The Labute approximate surface area is 253 Å². The molecule has 0 fully saturated rings. The van der Waals surface area contributed by atoms with E-state index in [9.17, 15) is 24.0 Å². The van der Waals surface area contributed by atoms with Crippen molar-refractivity contribution in [3.63, 3.8) is 0 Å². The number of hydrogen-bond donors (Lipinski definition) is 2. The summed E-state index contributed by atoms with van der Waals surface area (Å²) >= 11 is 6.00. The monoisotopic (exact) mass is 601 g/mol. The average molecular weight is 602 g/mol. The molecule has 2 atom stereocenters. The highest BCUT2D eigenvalue weighted by Gasteiger charge is 2.31. The average Bonchev–Trinajstić information content (AvgIpc) is 3.00. The molecule has 0 saturated heterocycles. The summed E-state index contributed by atoms with van der Waals surface area (Å²) in [6.07, 6.45) is 4.59. The Hall–Kier alpha value is -4.75. The Morgan fingerprint density at radius 1 is 1.21 bits per heavy atom. The minimum absolute atomic E-state index is 0.0605. The number of benzene rings is 2. The number of nitriles is 1. The third kappa shape index (κ3) is 6.22. The van der Waals surface area contributed by atoms with E-state index in [1.165, 1.54) is 25.3 Å². The van der Waals surface area contributed by atoms with E-state index in [1.807, 2.05) is 25.1 Å². The molecular formula is C32H29ClFN5O4. The molecule has 0 aliphatic carbocycles. The minimum atomic E-state index is -0.714. The number of ether oxygens (including phenoxy) is 1. The van der Waals surface area contributed by atoms with Crippen LogP contribution in [0.2, 0.25) is 5.02 Å². The van der Waals surface area contributed by atoms with Gasteiger partial charge in [0.1, 0.15) is 0 Å². The first-order valence-electron chi connectivity index (χ1n) is 13.9. The van der Waals surface area contributed by atoms with Gasteiger partial charge in [-0.3, -0.25) is 19.9 Å². The summed E-state index contributed by atoms with van der Waals surface area (Å²) in [6, 6.07) is 13.3. The van der Waals surface area contributed by atoms with Crippen LogP contribution in [0.4, 0.5) is 20.6 Å². The van der Waals surface area contributed by atoms with Crippen LogP contribution < -0.4 is 10.6 Å². The summed E-state index contributed by atoms with van der Waals surface area (Å²) in [5.74, 6) is -1.52. The molecule has 2 N–H and O–H groups in total. The van der Waals surface area contributed by atoms with Gasteiger partial charge in [-0.25, -0.2) is 9.18 Å². The van der Waals surface area contributed by atoms with Gasteiger partial charge in [0, 0.05) is 41.5 Å². The summed E-state index contributed by atoms with van der Waals surface area (Å²) in [4.78, 5) is 44.8. The summed E-state index contributed by atoms with van der Waals surface area (Å²) in [5, 5.41) is 15.0. The fourth-order valence-electron chi connectivity index (χ4n) is 5.55. The molecule has 2 bridgehead atoms. The van der Waals surface area contributed by atoms with Crippen LogP contribution >= 0.6 is 11.6 Å². The van der Waals surface area contributed by atoms with E-state index in [1.54, 1.807) is 29.3 Å². The van der Waals surface area contributed by atoms with Gasteiger partial charge in [-0.15, -0.1) is 0 Å². The number of aromatic nitrogens is 1. The number of anilines is 2. The van der Waals surface area contributed by atoms with Crippen LogP contribution in [0, 0.1) is 23.1 Å². The van der Waals surface area contributed by atoms with Gasteiger partial charge in [0.25, 0.3) is 0 Å². The van der Waals surface area contributed by atoms with Crippen molar-refractivity contribution in [1.29, 1.82) is 5.26 Å².